The second-order valence-electron chi connectivity index (χ2n) is 11.5. The molecule has 7 nitrogen and oxygen atoms in total. The van der Waals surface area contributed by atoms with Crippen molar-refractivity contribution in [1.29, 1.82) is 0 Å². The third kappa shape index (κ3) is 4.21. The Morgan fingerprint density at radius 3 is 2.03 bits per heavy atom. The molecule has 0 aromatic heterocycles. The zero-order chi connectivity index (χ0) is 21.7. The van der Waals surface area contributed by atoms with Gasteiger partial charge in [-0.3, -0.25) is 14.9 Å². The van der Waals surface area contributed by atoms with Crippen LogP contribution in [-0.2, 0) is 0 Å². The predicted octanol–water partition coefficient (Wildman–Crippen LogP) is 1.62. The number of aliphatic imine (C=N–C) groups is 2. The average Bonchev–Trinajstić information content (AvgIpc) is 3.43. The van der Waals surface area contributed by atoms with E-state index >= 15 is 0 Å². The molecule has 3 N–H and O–H groups in total. The highest BCUT2D eigenvalue weighted by Gasteiger charge is 2.43. The summed E-state index contributed by atoms with van der Waals surface area (Å²) in [5, 5.41) is 17.6. The Balaban J connectivity index is 1.02. The van der Waals surface area contributed by atoms with Crippen molar-refractivity contribution >= 4 is 11.7 Å². The van der Waals surface area contributed by atoms with E-state index in [1.54, 1.807) is 0 Å². The largest absolute Gasteiger partial charge is 0.393 e. The van der Waals surface area contributed by atoms with Crippen LogP contribution in [0.3, 0.4) is 0 Å². The molecule has 0 amide bonds. The molecule has 6 aliphatic rings. The van der Waals surface area contributed by atoms with E-state index in [0.29, 0.717) is 36.0 Å². The van der Waals surface area contributed by atoms with Crippen molar-refractivity contribution < 1.29 is 5.11 Å². The van der Waals surface area contributed by atoms with Crippen molar-refractivity contribution in [3.05, 3.63) is 0 Å². The molecule has 6 atom stereocenters. The summed E-state index contributed by atoms with van der Waals surface area (Å²) < 4.78 is 0. The van der Waals surface area contributed by atoms with Crippen LogP contribution in [0, 0.1) is 11.8 Å². The van der Waals surface area contributed by atoms with Gasteiger partial charge in [0.05, 0.1) is 30.3 Å². The highest BCUT2D eigenvalue weighted by atomic mass is 16.3. The maximum Gasteiger partial charge on any atom is 0.100 e. The molecule has 7 heteroatoms. The van der Waals surface area contributed by atoms with Crippen LogP contribution in [0.15, 0.2) is 9.98 Å². The standard InChI is InChI=1S/C25H42N6O/c1-30-10-12-31(13-11-30)18-5-9-21-23(15-18)29-25(27-21)17-4-8-20-22(14-17)28-24(26-20)16-2-6-19(32)7-3-16/h16-23,32H,2-15H2,1H3,(H,26,28)(H,27,29). The Labute approximate surface area is 193 Å². The smallest absolute Gasteiger partial charge is 0.100 e. The van der Waals surface area contributed by atoms with Crippen LogP contribution in [-0.4, -0.2) is 96.1 Å². The van der Waals surface area contributed by atoms with E-state index in [9.17, 15) is 5.11 Å². The van der Waals surface area contributed by atoms with E-state index in [1.807, 2.05) is 0 Å². The fourth-order valence-electron chi connectivity index (χ4n) is 7.28. The third-order valence-corrected chi connectivity index (χ3v) is 9.40. The second kappa shape index (κ2) is 8.88. The molecule has 32 heavy (non-hydrogen) atoms. The van der Waals surface area contributed by atoms with Gasteiger partial charge in [0.1, 0.15) is 11.7 Å². The van der Waals surface area contributed by atoms with Crippen LogP contribution < -0.4 is 10.6 Å². The summed E-state index contributed by atoms with van der Waals surface area (Å²) in [6, 6.07) is 2.74. The van der Waals surface area contributed by atoms with Gasteiger partial charge in [-0.2, -0.15) is 0 Å². The van der Waals surface area contributed by atoms with Gasteiger partial charge in [-0.05, 0) is 71.3 Å². The first-order chi connectivity index (χ1) is 15.6. The van der Waals surface area contributed by atoms with Gasteiger partial charge in [-0.1, -0.05) is 0 Å². The van der Waals surface area contributed by atoms with Crippen molar-refractivity contribution in [2.75, 3.05) is 33.2 Å². The van der Waals surface area contributed by atoms with Gasteiger partial charge in [0, 0.05) is 44.1 Å². The Hall–Kier alpha value is -1.18. The number of rotatable bonds is 3. The molecular formula is C25H42N6O. The summed E-state index contributed by atoms with van der Waals surface area (Å²) in [4.78, 5) is 15.6. The van der Waals surface area contributed by atoms with Crippen LogP contribution >= 0.6 is 0 Å². The van der Waals surface area contributed by atoms with Crippen molar-refractivity contribution in [2.24, 2.45) is 21.8 Å². The molecule has 0 bridgehead atoms. The van der Waals surface area contributed by atoms with Crippen molar-refractivity contribution in [2.45, 2.75) is 101 Å². The minimum atomic E-state index is -0.0919. The van der Waals surface area contributed by atoms with E-state index in [1.165, 1.54) is 76.4 Å². The topological polar surface area (TPSA) is 75.5 Å². The van der Waals surface area contributed by atoms with Gasteiger partial charge in [-0.25, -0.2) is 0 Å². The molecule has 0 aromatic carbocycles. The summed E-state index contributed by atoms with van der Waals surface area (Å²) in [6.07, 6.45) is 11.3. The Morgan fingerprint density at radius 1 is 0.719 bits per heavy atom. The predicted molar refractivity (Wildman–Crippen MR) is 128 cm³/mol. The number of aliphatic hydroxyl groups is 1. The molecule has 4 fully saturated rings. The first-order valence-electron chi connectivity index (χ1n) is 13.4. The van der Waals surface area contributed by atoms with Gasteiger partial charge in [0.2, 0.25) is 0 Å². The van der Waals surface area contributed by atoms with Crippen LogP contribution in [0.1, 0.15) is 64.2 Å². The number of nitrogens with one attached hydrogen (secondary N) is 2. The van der Waals surface area contributed by atoms with Crippen LogP contribution in [0.25, 0.3) is 0 Å². The van der Waals surface area contributed by atoms with Crippen LogP contribution in [0.2, 0.25) is 0 Å². The molecule has 0 radical (unpaired) electrons. The zero-order valence-corrected chi connectivity index (χ0v) is 19.8. The lowest BCUT2D eigenvalue weighted by Gasteiger charge is -2.42. The van der Waals surface area contributed by atoms with E-state index in [0.717, 1.165) is 31.7 Å². The molecular weight excluding hydrogens is 400 g/mol. The summed E-state index contributed by atoms with van der Waals surface area (Å²) in [5.74, 6) is 3.67. The van der Waals surface area contributed by atoms with Crippen molar-refractivity contribution in [3.63, 3.8) is 0 Å². The number of nitrogens with zero attached hydrogens (tertiary/aromatic N) is 4. The average molecular weight is 443 g/mol. The van der Waals surface area contributed by atoms with Crippen LogP contribution in [0.5, 0.6) is 0 Å². The second-order valence-corrected chi connectivity index (χ2v) is 11.5. The maximum atomic E-state index is 9.84. The first kappa shape index (κ1) is 21.4. The van der Waals surface area contributed by atoms with Crippen molar-refractivity contribution in [3.8, 4) is 0 Å². The Morgan fingerprint density at radius 2 is 1.31 bits per heavy atom. The van der Waals surface area contributed by atoms with Gasteiger partial charge in [0.25, 0.3) is 0 Å². The highest BCUT2D eigenvalue weighted by Crippen LogP contribution is 2.36. The summed E-state index contributed by atoms with van der Waals surface area (Å²) in [7, 11) is 2.24. The minimum absolute atomic E-state index is 0.0919. The molecule has 3 heterocycles. The summed E-state index contributed by atoms with van der Waals surface area (Å²) in [6.45, 7) is 4.88. The molecule has 3 aliphatic heterocycles. The zero-order valence-electron chi connectivity index (χ0n) is 19.8. The lowest BCUT2D eigenvalue weighted by molar-refractivity contribution is 0.0827. The molecule has 178 valence electrons. The number of hydrogen-bond donors (Lipinski definition) is 3. The Bertz CT molecular complexity index is 739. The van der Waals surface area contributed by atoms with Gasteiger partial charge in [-0.15, -0.1) is 0 Å². The van der Waals surface area contributed by atoms with Crippen LogP contribution in [0.4, 0.5) is 0 Å². The number of likely N-dealkylation sites (N-methyl/N-ethyl adjacent to an activating group) is 1. The van der Waals surface area contributed by atoms with Crippen molar-refractivity contribution in [1.82, 2.24) is 20.4 Å². The number of aliphatic hydroxyl groups excluding tert-OH is 1. The van der Waals surface area contributed by atoms with Gasteiger partial charge < -0.3 is 20.6 Å². The number of hydrogen-bond acceptors (Lipinski definition) is 7. The molecule has 6 unspecified atom stereocenters. The SMILES string of the molecule is CN1CCN(C2CCC3N=C(C4CCC5N=C(C6CCC(O)CC6)NC5C4)NC3C2)CC1. The summed E-state index contributed by atoms with van der Waals surface area (Å²) >= 11 is 0. The fraction of sp³-hybridized carbons (Fsp3) is 0.920. The monoisotopic (exact) mass is 442 g/mol. The van der Waals surface area contributed by atoms with E-state index in [2.05, 4.69) is 27.5 Å². The first-order valence-corrected chi connectivity index (χ1v) is 13.4. The lowest BCUT2D eigenvalue weighted by Crippen LogP contribution is -2.53. The molecule has 3 aliphatic carbocycles. The third-order valence-electron chi connectivity index (χ3n) is 9.40. The normalized spacial score (nSPS) is 45.3. The van der Waals surface area contributed by atoms with Gasteiger partial charge in [0.15, 0.2) is 0 Å². The molecule has 3 saturated carbocycles. The molecule has 1 saturated heterocycles. The molecule has 0 aromatic rings. The summed E-state index contributed by atoms with van der Waals surface area (Å²) in [5.41, 5.74) is 0. The quantitative estimate of drug-likeness (QED) is 0.619. The minimum Gasteiger partial charge on any atom is -0.393 e. The molecule has 0 spiro atoms. The number of piperazine rings is 1. The van der Waals surface area contributed by atoms with E-state index in [-0.39, 0.29) is 6.10 Å². The Kier molecular flexibility index (Phi) is 5.93. The molecule has 6 rings (SSSR count). The fourth-order valence-corrected chi connectivity index (χ4v) is 7.28. The number of fused-ring (bicyclic) bond motifs is 2. The lowest BCUT2D eigenvalue weighted by atomic mass is 9.82. The highest BCUT2D eigenvalue weighted by molar-refractivity contribution is 5.89. The maximum absolute atomic E-state index is 9.84. The number of amidine groups is 2. The van der Waals surface area contributed by atoms with Gasteiger partial charge >= 0.3 is 0 Å². The van der Waals surface area contributed by atoms with E-state index in [4.69, 9.17) is 9.98 Å². The van der Waals surface area contributed by atoms with E-state index < -0.39 is 0 Å².